The van der Waals surface area contributed by atoms with Crippen LogP contribution in [0, 0.1) is 0 Å². The van der Waals surface area contributed by atoms with Gasteiger partial charge in [-0.2, -0.15) is 5.21 Å². The quantitative estimate of drug-likeness (QED) is 0.617. The fourth-order valence-corrected chi connectivity index (χ4v) is 0.812. The number of nitrogens with zero attached hydrogens (tertiary/aromatic N) is 3. The first-order valence-corrected chi connectivity index (χ1v) is 3.91. The number of hydrogen-bond acceptors (Lipinski definition) is 4. The van der Waals surface area contributed by atoms with E-state index in [1.54, 1.807) is 0 Å². The van der Waals surface area contributed by atoms with Crippen molar-refractivity contribution in [1.82, 2.24) is 20.6 Å². The zero-order valence-corrected chi connectivity index (χ0v) is 6.67. The minimum atomic E-state index is 0.584. The summed E-state index contributed by atoms with van der Waals surface area (Å²) in [5.74, 6) is 0.584. The summed E-state index contributed by atoms with van der Waals surface area (Å²) in [6.45, 7) is 3.10. The maximum absolute atomic E-state index is 3.76. The second-order valence-corrected chi connectivity index (χ2v) is 2.37. The van der Waals surface area contributed by atoms with Crippen molar-refractivity contribution in [2.75, 3.05) is 11.9 Å². The Bertz CT molecular complexity index is 171. The van der Waals surface area contributed by atoms with E-state index in [2.05, 4.69) is 32.9 Å². The van der Waals surface area contributed by atoms with E-state index in [0.717, 1.165) is 13.0 Å². The smallest absolute Gasteiger partial charge is 0.263 e. The summed E-state index contributed by atoms with van der Waals surface area (Å²) in [7, 11) is 0. The Morgan fingerprint density at radius 2 is 2.36 bits per heavy atom. The van der Waals surface area contributed by atoms with Gasteiger partial charge in [0.25, 0.3) is 5.95 Å². The SMILES string of the molecule is CCCCCNc1nn[nH]n1. The van der Waals surface area contributed by atoms with E-state index < -0.39 is 0 Å². The Morgan fingerprint density at radius 1 is 1.45 bits per heavy atom. The van der Waals surface area contributed by atoms with Crippen LogP contribution in [0.3, 0.4) is 0 Å². The van der Waals surface area contributed by atoms with Crippen molar-refractivity contribution in [2.24, 2.45) is 0 Å². The van der Waals surface area contributed by atoms with Crippen LogP contribution in [-0.4, -0.2) is 27.2 Å². The third kappa shape index (κ3) is 2.97. The molecule has 0 fully saturated rings. The first kappa shape index (κ1) is 7.97. The van der Waals surface area contributed by atoms with Crippen LogP contribution in [0.4, 0.5) is 5.95 Å². The summed E-state index contributed by atoms with van der Waals surface area (Å²) in [6.07, 6.45) is 3.63. The molecule has 0 atom stereocenters. The molecule has 0 bridgehead atoms. The molecule has 5 heteroatoms. The van der Waals surface area contributed by atoms with Gasteiger partial charge in [0.15, 0.2) is 0 Å². The number of rotatable bonds is 5. The Kier molecular flexibility index (Phi) is 3.37. The summed E-state index contributed by atoms with van der Waals surface area (Å²) in [5.41, 5.74) is 0. The molecule has 0 saturated heterocycles. The van der Waals surface area contributed by atoms with Gasteiger partial charge in [0.2, 0.25) is 0 Å². The lowest BCUT2D eigenvalue weighted by atomic mass is 10.2. The van der Waals surface area contributed by atoms with E-state index in [1.165, 1.54) is 12.8 Å². The molecule has 0 saturated carbocycles. The van der Waals surface area contributed by atoms with Gasteiger partial charge in [-0.1, -0.05) is 24.9 Å². The van der Waals surface area contributed by atoms with E-state index in [4.69, 9.17) is 0 Å². The van der Waals surface area contributed by atoms with Gasteiger partial charge in [-0.15, -0.1) is 5.10 Å². The number of aromatic amines is 1. The first-order chi connectivity index (χ1) is 5.43. The predicted octanol–water partition coefficient (Wildman–Crippen LogP) is 0.802. The molecular formula is C6H13N5. The van der Waals surface area contributed by atoms with E-state index in [1.807, 2.05) is 0 Å². The van der Waals surface area contributed by atoms with E-state index in [9.17, 15) is 0 Å². The van der Waals surface area contributed by atoms with Gasteiger partial charge in [-0.25, -0.2) is 0 Å². The Balaban J connectivity index is 2.04. The minimum absolute atomic E-state index is 0.584. The predicted molar refractivity (Wildman–Crippen MR) is 42.2 cm³/mol. The number of anilines is 1. The number of tetrazole rings is 1. The zero-order valence-electron chi connectivity index (χ0n) is 6.67. The van der Waals surface area contributed by atoms with Crippen molar-refractivity contribution in [3.8, 4) is 0 Å². The van der Waals surface area contributed by atoms with Crippen molar-refractivity contribution in [3.63, 3.8) is 0 Å². The molecule has 1 heterocycles. The molecule has 1 rings (SSSR count). The average Bonchev–Trinajstić information content (AvgIpc) is 2.50. The van der Waals surface area contributed by atoms with Gasteiger partial charge < -0.3 is 5.32 Å². The van der Waals surface area contributed by atoms with E-state index in [-0.39, 0.29) is 0 Å². The Morgan fingerprint density at radius 3 is 3.00 bits per heavy atom. The third-order valence-electron chi connectivity index (χ3n) is 1.41. The summed E-state index contributed by atoms with van der Waals surface area (Å²) in [6, 6.07) is 0. The van der Waals surface area contributed by atoms with Gasteiger partial charge in [0.1, 0.15) is 0 Å². The van der Waals surface area contributed by atoms with Crippen LogP contribution in [0.25, 0.3) is 0 Å². The molecule has 0 spiro atoms. The lowest BCUT2D eigenvalue weighted by molar-refractivity contribution is 0.740. The van der Waals surface area contributed by atoms with Crippen LogP contribution >= 0.6 is 0 Å². The van der Waals surface area contributed by atoms with Crippen LogP contribution in [0.1, 0.15) is 26.2 Å². The van der Waals surface area contributed by atoms with Crippen LogP contribution in [0.2, 0.25) is 0 Å². The average molecular weight is 155 g/mol. The number of nitrogens with one attached hydrogen (secondary N) is 2. The largest absolute Gasteiger partial charge is 0.352 e. The second kappa shape index (κ2) is 4.65. The molecule has 0 radical (unpaired) electrons. The van der Waals surface area contributed by atoms with Gasteiger partial charge in [0.05, 0.1) is 0 Å². The standard InChI is InChI=1S/C6H13N5/c1-2-3-4-5-7-6-8-10-11-9-6/h2-5H2,1H3,(H2,7,8,9,10,11). The highest BCUT2D eigenvalue weighted by molar-refractivity contribution is 5.17. The van der Waals surface area contributed by atoms with Crippen LogP contribution in [0.5, 0.6) is 0 Å². The monoisotopic (exact) mass is 155 g/mol. The lowest BCUT2D eigenvalue weighted by Gasteiger charge is -1.97. The number of aromatic nitrogens is 4. The highest BCUT2D eigenvalue weighted by atomic mass is 15.5. The van der Waals surface area contributed by atoms with Crippen LogP contribution in [0.15, 0.2) is 0 Å². The van der Waals surface area contributed by atoms with Crippen molar-refractivity contribution < 1.29 is 0 Å². The van der Waals surface area contributed by atoms with Gasteiger partial charge in [-0.05, 0) is 11.6 Å². The maximum atomic E-state index is 3.76. The second-order valence-electron chi connectivity index (χ2n) is 2.37. The van der Waals surface area contributed by atoms with E-state index in [0.29, 0.717) is 5.95 Å². The Hall–Kier alpha value is -1.13. The summed E-state index contributed by atoms with van der Waals surface area (Å²) in [5, 5.41) is 16.4. The molecule has 1 aromatic heterocycles. The third-order valence-corrected chi connectivity index (χ3v) is 1.41. The van der Waals surface area contributed by atoms with Crippen LogP contribution in [-0.2, 0) is 0 Å². The first-order valence-electron chi connectivity index (χ1n) is 3.91. The molecule has 5 nitrogen and oxygen atoms in total. The molecule has 11 heavy (non-hydrogen) atoms. The molecular weight excluding hydrogens is 142 g/mol. The lowest BCUT2D eigenvalue weighted by Crippen LogP contribution is -2.02. The van der Waals surface area contributed by atoms with Gasteiger partial charge in [0, 0.05) is 6.54 Å². The molecule has 0 aliphatic carbocycles. The molecule has 62 valence electrons. The summed E-state index contributed by atoms with van der Waals surface area (Å²) >= 11 is 0. The normalized spacial score (nSPS) is 9.91. The highest BCUT2D eigenvalue weighted by Crippen LogP contribution is 1.95. The molecule has 1 aromatic rings. The number of unbranched alkanes of at least 4 members (excludes halogenated alkanes) is 2. The number of hydrogen-bond donors (Lipinski definition) is 2. The Labute approximate surface area is 65.6 Å². The number of H-pyrrole nitrogens is 1. The van der Waals surface area contributed by atoms with Crippen molar-refractivity contribution in [3.05, 3.63) is 0 Å². The molecule has 0 aliphatic rings. The van der Waals surface area contributed by atoms with E-state index >= 15 is 0 Å². The zero-order chi connectivity index (χ0) is 7.94. The van der Waals surface area contributed by atoms with Crippen LogP contribution < -0.4 is 5.32 Å². The molecule has 0 aromatic carbocycles. The molecule has 0 aliphatic heterocycles. The fraction of sp³-hybridized carbons (Fsp3) is 0.833. The molecule has 0 amide bonds. The molecule has 0 unspecified atom stereocenters. The summed E-state index contributed by atoms with van der Waals surface area (Å²) < 4.78 is 0. The summed E-state index contributed by atoms with van der Waals surface area (Å²) in [4.78, 5) is 0. The maximum Gasteiger partial charge on any atom is 0.263 e. The van der Waals surface area contributed by atoms with Crippen molar-refractivity contribution in [2.45, 2.75) is 26.2 Å². The van der Waals surface area contributed by atoms with Crippen molar-refractivity contribution >= 4 is 5.95 Å². The van der Waals surface area contributed by atoms with Gasteiger partial charge in [-0.3, -0.25) is 0 Å². The van der Waals surface area contributed by atoms with Crippen molar-refractivity contribution in [1.29, 1.82) is 0 Å². The minimum Gasteiger partial charge on any atom is -0.352 e. The topological polar surface area (TPSA) is 66.5 Å². The fourth-order valence-electron chi connectivity index (χ4n) is 0.812. The molecule has 2 N–H and O–H groups in total. The highest BCUT2D eigenvalue weighted by Gasteiger charge is 1.93. The van der Waals surface area contributed by atoms with Gasteiger partial charge >= 0.3 is 0 Å².